The van der Waals surface area contributed by atoms with Crippen LogP contribution in [0.1, 0.15) is 24.0 Å². The van der Waals surface area contributed by atoms with Crippen LogP contribution in [-0.2, 0) is 17.5 Å². The van der Waals surface area contributed by atoms with Crippen LogP contribution in [0.4, 0.5) is 13.2 Å². The van der Waals surface area contributed by atoms with E-state index in [9.17, 15) is 18.0 Å². The largest absolute Gasteiger partial charge is 0.486 e. The minimum atomic E-state index is -4.34. The zero-order valence-electron chi connectivity index (χ0n) is 19.7. The summed E-state index contributed by atoms with van der Waals surface area (Å²) in [5.74, 6) is 1.44. The van der Waals surface area contributed by atoms with Crippen LogP contribution >= 0.6 is 0 Å². The van der Waals surface area contributed by atoms with Gasteiger partial charge in [0.2, 0.25) is 5.91 Å². The summed E-state index contributed by atoms with van der Waals surface area (Å²) < 4.78 is 51.8. The van der Waals surface area contributed by atoms with Crippen molar-refractivity contribution in [2.75, 3.05) is 26.2 Å². The number of hydrogen-bond acceptors (Lipinski definition) is 4. The van der Waals surface area contributed by atoms with Crippen molar-refractivity contribution in [2.45, 2.75) is 31.7 Å². The number of hydrogen-bond donors (Lipinski definition) is 1. The quantitative estimate of drug-likeness (QED) is 0.536. The number of alkyl halides is 3. The van der Waals surface area contributed by atoms with Gasteiger partial charge in [0, 0.05) is 30.5 Å². The van der Waals surface area contributed by atoms with Crippen LogP contribution in [0.5, 0.6) is 11.5 Å². The number of halogens is 3. The average Bonchev–Trinajstić information content (AvgIpc) is 3.35. The fourth-order valence-corrected chi connectivity index (χ4v) is 4.65. The van der Waals surface area contributed by atoms with Crippen molar-refractivity contribution in [1.82, 2.24) is 14.8 Å². The molecule has 1 atom stereocenters. The number of nitrogens with one attached hydrogen (secondary N) is 1. The highest BCUT2D eigenvalue weighted by Gasteiger charge is 2.30. The molecule has 0 spiro atoms. The molecule has 0 radical (unpaired) electrons. The Morgan fingerprint density at radius 2 is 1.72 bits per heavy atom. The van der Waals surface area contributed by atoms with E-state index in [4.69, 9.17) is 9.47 Å². The third-order valence-electron chi connectivity index (χ3n) is 6.68. The normalized spacial score (nSPS) is 18.7. The first-order chi connectivity index (χ1) is 17.3. The Morgan fingerprint density at radius 1 is 1.00 bits per heavy atom. The van der Waals surface area contributed by atoms with Crippen LogP contribution in [0.2, 0.25) is 0 Å². The first-order valence-corrected chi connectivity index (χ1v) is 12.1. The number of para-hydroxylation sites is 2. The molecule has 0 saturated carbocycles. The fourth-order valence-electron chi connectivity index (χ4n) is 4.65. The molecular weight excluding hydrogens is 471 g/mol. The summed E-state index contributed by atoms with van der Waals surface area (Å²) in [7, 11) is 0. The van der Waals surface area contributed by atoms with E-state index in [1.807, 2.05) is 47.3 Å². The van der Waals surface area contributed by atoms with Gasteiger partial charge in [0.05, 0.1) is 12.1 Å². The second kappa shape index (κ2) is 10.3. The molecule has 9 heteroatoms. The van der Waals surface area contributed by atoms with E-state index >= 15 is 0 Å². The number of piperidine rings is 1. The molecular formula is C27H28F3N3O3. The Balaban J connectivity index is 1.07. The molecule has 2 aromatic carbocycles. The summed E-state index contributed by atoms with van der Waals surface area (Å²) in [5.41, 5.74) is 1.10. The Hall–Kier alpha value is -3.46. The summed E-state index contributed by atoms with van der Waals surface area (Å²) >= 11 is 0. The molecule has 1 fully saturated rings. The third kappa shape index (κ3) is 5.67. The number of aromatic nitrogens is 1. The van der Waals surface area contributed by atoms with E-state index in [1.54, 1.807) is 0 Å². The van der Waals surface area contributed by atoms with Crippen LogP contribution in [0, 0.1) is 5.92 Å². The molecule has 0 bridgehead atoms. The maximum Gasteiger partial charge on any atom is 0.416 e. The topological polar surface area (TPSA) is 55.7 Å². The van der Waals surface area contributed by atoms with Gasteiger partial charge in [-0.25, -0.2) is 0 Å². The summed E-state index contributed by atoms with van der Waals surface area (Å²) in [6, 6.07) is 14.6. The number of likely N-dealkylation sites (tertiary alicyclic amines) is 1. The van der Waals surface area contributed by atoms with Crippen molar-refractivity contribution in [1.29, 1.82) is 0 Å². The summed E-state index contributed by atoms with van der Waals surface area (Å²) in [5, 5.41) is 3.02. The van der Waals surface area contributed by atoms with Gasteiger partial charge in [0.15, 0.2) is 11.5 Å². The number of ether oxygens (including phenoxy) is 2. The summed E-state index contributed by atoms with van der Waals surface area (Å²) in [6.45, 7) is 3.15. The lowest BCUT2D eigenvalue weighted by molar-refractivity contribution is -0.137. The Bertz CT molecular complexity index is 1180. The smallest absolute Gasteiger partial charge is 0.416 e. The van der Waals surface area contributed by atoms with Crippen molar-refractivity contribution in [3.05, 3.63) is 78.1 Å². The first kappa shape index (κ1) is 24.2. The lowest BCUT2D eigenvalue weighted by atomic mass is 9.95. The Kier molecular flexibility index (Phi) is 6.91. The molecule has 1 amide bonds. The molecule has 1 aromatic heterocycles. The second-order valence-corrected chi connectivity index (χ2v) is 9.26. The van der Waals surface area contributed by atoms with Gasteiger partial charge < -0.3 is 19.4 Å². The number of amides is 1. The van der Waals surface area contributed by atoms with Crippen LogP contribution in [0.3, 0.4) is 0 Å². The van der Waals surface area contributed by atoms with Crippen molar-refractivity contribution < 1.29 is 27.4 Å². The number of carbonyl (C=O) groups is 1. The van der Waals surface area contributed by atoms with Gasteiger partial charge in [0.25, 0.3) is 0 Å². The molecule has 5 rings (SSSR count). The molecule has 190 valence electrons. The van der Waals surface area contributed by atoms with Crippen molar-refractivity contribution in [3.63, 3.8) is 0 Å². The predicted molar refractivity (Wildman–Crippen MR) is 128 cm³/mol. The minimum absolute atomic E-state index is 0.0326. The van der Waals surface area contributed by atoms with Gasteiger partial charge in [-0.3, -0.25) is 9.69 Å². The molecule has 0 aliphatic carbocycles. The number of nitrogens with zero attached hydrogens (tertiary/aromatic N) is 2. The highest BCUT2D eigenvalue weighted by molar-refractivity contribution is 5.78. The summed E-state index contributed by atoms with van der Waals surface area (Å²) in [6.07, 6.45) is 0.789. The van der Waals surface area contributed by atoms with Crippen LogP contribution in [0.15, 0.2) is 67.0 Å². The average molecular weight is 500 g/mol. The van der Waals surface area contributed by atoms with Gasteiger partial charge in [0.1, 0.15) is 12.7 Å². The Morgan fingerprint density at radius 3 is 2.44 bits per heavy atom. The third-order valence-corrected chi connectivity index (χ3v) is 6.68. The van der Waals surface area contributed by atoms with Crippen molar-refractivity contribution >= 4 is 5.91 Å². The van der Waals surface area contributed by atoms with Gasteiger partial charge in [-0.1, -0.05) is 12.1 Å². The van der Waals surface area contributed by atoms with E-state index in [-0.39, 0.29) is 17.9 Å². The highest BCUT2D eigenvalue weighted by atomic mass is 19.4. The van der Waals surface area contributed by atoms with Gasteiger partial charge >= 0.3 is 6.18 Å². The maximum absolute atomic E-state index is 12.8. The lowest BCUT2D eigenvalue weighted by Crippen LogP contribution is -2.45. The predicted octanol–water partition coefficient (Wildman–Crippen LogP) is 4.66. The van der Waals surface area contributed by atoms with Crippen molar-refractivity contribution in [2.24, 2.45) is 5.92 Å². The number of rotatable bonds is 6. The molecule has 1 N–H and O–H groups in total. The van der Waals surface area contributed by atoms with Crippen LogP contribution in [-0.4, -0.2) is 47.7 Å². The standard InChI is InChI=1S/C27H28F3N3O3/c28-27(29,30)21-5-7-22(8-6-21)33-14-9-19(17-33)16-32-12-10-20(11-13-32)26(34)31-15-23-18-35-24-3-1-2-4-25(24)36-23/h1-9,14,17,20,23H,10-13,15-16,18H2,(H,31,34). The molecule has 1 unspecified atom stereocenters. The minimum Gasteiger partial charge on any atom is -0.486 e. The van der Waals surface area contributed by atoms with E-state index in [1.165, 1.54) is 12.1 Å². The lowest BCUT2D eigenvalue weighted by Gasteiger charge is -2.31. The molecule has 1 saturated heterocycles. The van der Waals surface area contributed by atoms with Gasteiger partial charge in [-0.05, 0) is 74.0 Å². The van der Waals surface area contributed by atoms with Crippen molar-refractivity contribution in [3.8, 4) is 17.2 Å². The Labute approximate surface area is 207 Å². The van der Waals surface area contributed by atoms with Crippen LogP contribution < -0.4 is 14.8 Å². The summed E-state index contributed by atoms with van der Waals surface area (Å²) in [4.78, 5) is 15.0. The molecule has 36 heavy (non-hydrogen) atoms. The van der Waals surface area contributed by atoms with Gasteiger partial charge in [-0.15, -0.1) is 0 Å². The van der Waals surface area contributed by atoms with Gasteiger partial charge in [-0.2, -0.15) is 13.2 Å². The fraction of sp³-hybridized carbons (Fsp3) is 0.370. The molecule has 2 aliphatic heterocycles. The molecule has 3 aromatic rings. The van der Waals surface area contributed by atoms with E-state index in [2.05, 4.69) is 10.2 Å². The molecule has 6 nitrogen and oxygen atoms in total. The number of fused-ring (bicyclic) bond motifs is 1. The number of benzene rings is 2. The zero-order chi connectivity index (χ0) is 25.1. The zero-order valence-corrected chi connectivity index (χ0v) is 19.7. The monoisotopic (exact) mass is 499 g/mol. The van der Waals surface area contributed by atoms with Crippen LogP contribution in [0.25, 0.3) is 5.69 Å². The van der Waals surface area contributed by atoms with E-state index in [0.29, 0.717) is 24.6 Å². The second-order valence-electron chi connectivity index (χ2n) is 9.26. The maximum atomic E-state index is 12.8. The van der Waals surface area contributed by atoms with E-state index < -0.39 is 11.7 Å². The molecule has 2 aliphatic rings. The number of carbonyl (C=O) groups excluding carboxylic acids is 1. The molecule has 3 heterocycles. The highest BCUT2D eigenvalue weighted by Crippen LogP contribution is 2.31. The first-order valence-electron chi connectivity index (χ1n) is 12.1. The SMILES string of the molecule is O=C(NCC1COc2ccccc2O1)C1CCN(Cc2ccn(-c3ccc(C(F)(F)F)cc3)c2)CC1. The van der Waals surface area contributed by atoms with E-state index in [0.717, 1.165) is 55.9 Å².